The number of unbranched alkanes of at least 4 members (excludes halogenated alkanes) is 4. The van der Waals surface area contributed by atoms with Crippen LogP contribution in [0.4, 0.5) is 13.2 Å². The SMILES string of the molecule is CCCCCCCNCc1cnn(CC(F)(F)F)c1.Cl. The van der Waals surface area contributed by atoms with Gasteiger partial charge >= 0.3 is 6.18 Å². The van der Waals surface area contributed by atoms with Gasteiger partial charge in [-0.1, -0.05) is 32.6 Å². The van der Waals surface area contributed by atoms with Gasteiger partial charge in [0.1, 0.15) is 6.54 Å². The number of alkyl halides is 3. The van der Waals surface area contributed by atoms with Crippen molar-refractivity contribution in [3.05, 3.63) is 18.0 Å². The van der Waals surface area contributed by atoms with Crippen LogP contribution in [0.25, 0.3) is 0 Å². The first-order valence-corrected chi connectivity index (χ1v) is 6.80. The molecule has 0 aliphatic carbocycles. The summed E-state index contributed by atoms with van der Waals surface area (Å²) in [7, 11) is 0. The molecule has 0 spiro atoms. The van der Waals surface area contributed by atoms with Gasteiger partial charge in [0.2, 0.25) is 0 Å². The highest BCUT2D eigenvalue weighted by atomic mass is 35.5. The second kappa shape index (κ2) is 10.0. The fourth-order valence-corrected chi connectivity index (χ4v) is 1.85. The maximum atomic E-state index is 12.1. The lowest BCUT2D eigenvalue weighted by Crippen LogP contribution is -2.18. The van der Waals surface area contributed by atoms with E-state index in [4.69, 9.17) is 0 Å². The standard InChI is InChI=1S/C13H22F3N3.ClH/c1-2-3-4-5-6-7-17-8-12-9-18-19(10-12)11-13(14,15)16;/h9-10,17H,2-8,11H2,1H3;1H. The molecule has 0 amide bonds. The second-order valence-electron chi connectivity index (χ2n) is 4.75. The zero-order valence-corrected chi connectivity index (χ0v) is 12.6. The van der Waals surface area contributed by atoms with Crippen molar-refractivity contribution >= 4 is 12.4 Å². The molecule has 1 N–H and O–H groups in total. The molecule has 1 heterocycles. The maximum Gasteiger partial charge on any atom is 0.408 e. The molecule has 0 aliphatic heterocycles. The summed E-state index contributed by atoms with van der Waals surface area (Å²) in [6, 6.07) is 0. The molecular weight excluding hydrogens is 291 g/mol. The molecule has 0 saturated heterocycles. The Kier molecular flexibility index (Phi) is 9.67. The van der Waals surface area contributed by atoms with Crippen molar-refractivity contribution in [3.8, 4) is 0 Å². The van der Waals surface area contributed by atoms with Crippen LogP contribution in [0.5, 0.6) is 0 Å². The normalized spacial score (nSPS) is 11.4. The van der Waals surface area contributed by atoms with Gasteiger partial charge in [0.05, 0.1) is 6.20 Å². The molecule has 0 aliphatic rings. The Balaban J connectivity index is 0.00000361. The Morgan fingerprint density at radius 3 is 2.55 bits per heavy atom. The molecule has 0 unspecified atom stereocenters. The average molecular weight is 314 g/mol. The molecular formula is C13H23ClF3N3. The summed E-state index contributed by atoms with van der Waals surface area (Å²) >= 11 is 0. The third-order valence-corrected chi connectivity index (χ3v) is 2.81. The molecule has 1 aromatic heterocycles. The van der Waals surface area contributed by atoms with Crippen molar-refractivity contribution in [2.45, 2.75) is 58.3 Å². The van der Waals surface area contributed by atoms with Crippen LogP contribution < -0.4 is 5.32 Å². The third kappa shape index (κ3) is 9.20. The Bertz CT molecular complexity index is 353. The predicted octanol–water partition coefficient (Wildman–Crippen LogP) is 3.93. The van der Waals surface area contributed by atoms with Gasteiger partial charge in [-0.25, -0.2) is 0 Å². The summed E-state index contributed by atoms with van der Waals surface area (Å²) in [6.45, 7) is 2.63. The van der Waals surface area contributed by atoms with Crippen molar-refractivity contribution in [3.63, 3.8) is 0 Å². The van der Waals surface area contributed by atoms with E-state index in [2.05, 4.69) is 17.3 Å². The molecule has 0 saturated carbocycles. The van der Waals surface area contributed by atoms with Crippen molar-refractivity contribution in [1.82, 2.24) is 15.1 Å². The van der Waals surface area contributed by atoms with Crippen LogP contribution in [-0.2, 0) is 13.1 Å². The molecule has 20 heavy (non-hydrogen) atoms. The quantitative estimate of drug-likeness (QED) is 0.700. The molecule has 0 atom stereocenters. The summed E-state index contributed by atoms with van der Waals surface area (Å²) < 4.78 is 37.3. The van der Waals surface area contributed by atoms with Gasteiger partial charge in [0.15, 0.2) is 0 Å². The van der Waals surface area contributed by atoms with Crippen LogP contribution in [-0.4, -0.2) is 22.5 Å². The highest BCUT2D eigenvalue weighted by Crippen LogP contribution is 2.17. The predicted molar refractivity (Wildman–Crippen MR) is 76.0 cm³/mol. The van der Waals surface area contributed by atoms with E-state index in [1.54, 1.807) is 0 Å². The van der Waals surface area contributed by atoms with Crippen molar-refractivity contribution in [1.29, 1.82) is 0 Å². The van der Waals surface area contributed by atoms with E-state index in [1.165, 1.54) is 38.1 Å². The van der Waals surface area contributed by atoms with Gasteiger partial charge < -0.3 is 5.32 Å². The monoisotopic (exact) mass is 313 g/mol. The van der Waals surface area contributed by atoms with Crippen molar-refractivity contribution in [2.24, 2.45) is 0 Å². The van der Waals surface area contributed by atoms with Gasteiger partial charge in [0.25, 0.3) is 0 Å². The Labute approximate surface area is 124 Å². The first-order valence-electron chi connectivity index (χ1n) is 6.80. The van der Waals surface area contributed by atoms with Crippen LogP contribution in [0.1, 0.15) is 44.6 Å². The largest absolute Gasteiger partial charge is 0.408 e. The van der Waals surface area contributed by atoms with Gasteiger partial charge in [-0.05, 0) is 13.0 Å². The molecule has 3 nitrogen and oxygen atoms in total. The molecule has 1 rings (SSSR count). The topological polar surface area (TPSA) is 29.9 Å². The third-order valence-electron chi connectivity index (χ3n) is 2.81. The van der Waals surface area contributed by atoms with Gasteiger partial charge in [-0.3, -0.25) is 4.68 Å². The fraction of sp³-hybridized carbons (Fsp3) is 0.769. The van der Waals surface area contributed by atoms with E-state index in [0.29, 0.717) is 6.54 Å². The number of hydrogen-bond acceptors (Lipinski definition) is 2. The summed E-state index contributed by atoms with van der Waals surface area (Å²) in [6.07, 6.45) is 4.77. The molecule has 118 valence electrons. The lowest BCUT2D eigenvalue weighted by atomic mass is 10.1. The lowest BCUT2D eigenvalue weighted by Gasteiger charge is -2.05. The fourth-order valence-electron chi connectivity index (χ4n) is 1.85. The maximum absolute atomic E-state index is 12.1. The number of halogens is 4. The minimum atomic E-state index is -4.21. The Morgan fingerprint density at radius 1 is 1.20 bits per heavy atom. The zero-order valence-electron chi connectivity index (χ0n) is 11.7. The van der Waals surface area contributed by atoms with E-state index in [-0.39, 0.29) is 12.4 Å². The van der Waals surface area contributed by atoms with Crippen LogP contribution in [0.3, 0.4) is 0 Å². The number of hydrogen-bond donors (Lipinski definition) is 1. The van der Waals surface area contributed by atoms with E-state index in [1.807, 2.05) is 0 Å². The lowest BCUT2D eigenvalue weighted by molar-refractivity contribution is -0.142. The van der Waals surface area contributed by atoms with Crippen molar-refractivity contribution in [2.75, 3.05) is 6.54 Å². The van der Waals surface area contributed by atoms with E-state index >= 15 is 0 Å². The summed E-state index contributed by atoms with van der Waals surface area (Å²) in [5.41, 5.74) is 0.790. The second-order valence-corrected chi connectivity index (χ2v) is 4.75. The van der Waals surface area contributed by atoms with Crippen LogP contribution in [0, 0.1) is 0 Å². The van der Waals surface area contributed by atoms with Gasteiger partial charge in [-0.15, -0.1) is 12.4 Å². The van der Waals surface area contributed by atoms with E-state index < -0.39 is 12.7 Å². The zero-order chi connectivity index (χ0) is 14.1. The smallest absolute Gasteiger partial charge is 0.313 e. The summed E-state index contributed by atoms with van der Waals surface area (Å²) in [4.78, 5) is 0. The minimum absolute atomic E-state index is 0. The van der Waals surface area contributed by atoms with Crippen LogP contribution in [0.15, 0.2) is 12.4 Å². The van der Waals surface area contributed by atoms with Gasteiger partial charge in [0, 0.05) is 18.3 Å². The number of nitrogens with zero attached hydrogens (tertiary/aromatic N) is 2. The molecule has 7 heteroatoms. The first kappa shape index (κ1) is 19.2. The van der Waals surface area contributed by atoms with Crippen molar-refractivity contribution < 1.29 is 13.2 Å². The highest BCUT2D eigenvalue weighted by molar-refractivity contribution is 5.85. The average Bonchev–Trinajstić information content (AvgIpc) is 2.73. The van der Waals surface area contributed by atoms with E-state index in [0.717, 1.165) is 23.2 Å². The Hall–Kier alpha value is -0.750. The summed E-state index contributed by atoms with van der Waals surface area (Å²) in [5.74, 6) is 0. The minimum Gasteiger partial charge on any atom is -0.313 e. The number of rotatable bonds is 9. The molecule has 0 radical (unpaired) electrons. The summed E-state index contributed by atoms with van der Waals surface area (Å²) in [5, 5.41) is 6.92. The van der Waals surface area contributed by atoms with Crippen LogP contribution in [0.2, 0.25) is 0 Å². The number of nitrogens with one attached hydrogen (secondary N) is 1. The molecule has 0 aromatic carbocycles. The van der Waals surface area contributed by atoms with E-state index in [9.17, 15) is 13.2 Å². The highest BCUT2D eigenvalue weighted by Gasteiger charge is 2.28. The molecule has 0 bridgehead atoms. The Morgan fingerprint density at radius 2 is 1.90 bits per heavy atom. The molecule has 1 aromatic rings. The first-order chi connectivity index (χ1) is 9.01. The van der Waals surface area contributed by atoms with Gasteiger partial charge in [-0.2, -0.15) is 18.3 Å². The molecule has 0 fully saturated rings. The van der Waals surface area contributed by atoms with Crippen LogP contribution >= 0.6 is 12.4 Å². The number of aromatic nitrogens is 2.